The van der Waals surface area contributed by atoms with Crippen LogP contribution in [0, 0.1) is 26.7 Å². The maximum absolute atomic E-state index is 13.6. The van der Waals surface area contributed by atoms with E-state index in [1.165, 1.54) is 10.5 Å². The van der Waals surface area contributed by atoms with Gasteiger partial charge < -0.3 is 9.84 Å². The summed E-state index contributed by atoms with van der Waals surface area (Å²) in [5, 5.41) is 7.12. The maximum atomic E-state index is 13.6. The number of benzene rings is 1. The molecule has 3 heterocycles. The zero-order valence-corrected chi connectivity index (χ0v) is 21.4. The van der Waals surface area contributed by atoms with Crippen molar-refractivity contribution in [3.05, 3.63) is 69.7 Å². The van der Waals surface area contributed by atoms with Gasteiger partial charge in [-0.15, -0.1) is 0 Å². The number of carbonyl (C=O) groups is 1. The highest BCUT2D eigenvalue weighted by atomic mass is 35.5. The van der Waals surface area contributed by atoms with Crippen molar-refractivity contribution in [1.82, 2.24) is 14.4 Å². The predicted molar refractivity (Wildman–Crippen MR) is 135 cm³/mol. The quantitative estimate of drug-likeness (QED) is 0.503. The van der Waals surface area contributed by atoms with E-state index in [0.717, 1.165) is 16.7 Å². The Hall–Kier alpha value is -3.01. The number of nitrogens with zero attached hydrogens (tertiary/aromatic N) is 3. The summed E-state index contributed by atoms with van der Waals surface area (Å²) < 4.78 is 34.0. The summed E-state index contributed by atoms with van der Waals surface area (Å²) in [6, 6.07) is 9.28. The fourth-order valence-electron chi connectivity index (χ4n) is 4.09. The van der Waals surface area contributed by atoms with Crippen molar-refractivity contribution in [2.45, 2.75) is 38.5 Å². The summed E-state index contributed by atoms with van der Waals surface area (Å²) in [4.78, 5) is 16.9. The van der Waals surface area contributed by atoms with Gasteiger partial charge in [-0.3, -0.25) is 4.79 Å². The number of pyridine rings is 1. The number of anilines is 1. The van der Waals surface area contributed by atoms with E-state index >= 15 is 0 Å². The van der Waals surface area contributed by atoms with Gasteiger partial charge in [0.25, 0.3) is 0 Å². The van der Waals surface area contributed by atoms with Crippen LogP contribution in [-0.4, -0.2) is 41.9 Å². The van der Waals surface area contributed by atoms with E-state index in [4.69, 9.17) is 16.1 Å². The van der Waals surface area contributed by atoms with E-state index in [1.54, 1.807) is 25.1 Å². The fourth-order valence-corrected chi connectivity index (χ4v) is 5.97. The number of piperidine rings is 1. The second-order valence-electron chi connectivity index (χ2n) is 8.71. The van der Waals surface area contributed by atoms with Crippen molar-refractivity contribution < 1.29 is 17.7 Å². The number of hydrogen-bond donors (Lipinski definition) is 1. The number of nitrogens with one attached hydrogen (secondary N) is 1. The normalized spacial score (nSPS) is 17.1. The maximum Gasteiger partial charge on any atom is 0.248 e. The minimum Gasteiger partial charge on any atom is -0.355 e. The molecule has 1 atom stereocenters. The van der Waals surface area contributed by atoms with Gasteiger partial charge >= 0.3 is 0 Å². The van der Waals surface area contributed by atoms with Crippen LogP contribution in [0.2, 0.25) is 5.02 Å². The second-order valence-corrected chi connectivity index (χ2v) is 11.0. The number of sulfonamides is 1. The van der Waals surface area contributed by atoms with Crippen LogP contribution < -0.4 is 5.32 Å². The lowest BCUT2D eigenvalue weighted by Crippen LogP contribution is -2.44. The van der Waals surface area contributed by atoms with Crippen molar-refractivity contribution in [2.24, 2.45) is 5.92 Å². The lowest BCUT2D eigenvalue weighted by molar-refractivity contribution is -0.120. The number of aromatic nitrogens is 2. The van der Waals surface area contributed by atoms with Crippen LogP contribution >= 0.6 is 11.6 Å². The third kappa shape index (κ3) is 5.63. The number of hydrogen-bond acceptors (Lipinski definition) is 6. The van der Waals surface area contributed by atoms with Gasteiger partial charge in [-0.2, -0.15) is 4.31 Å². The number of aryl methyl sites for hydroxylation is 3. The van der Waals surface area contributed by atoms with E-state index < -0.39 is 15.9 Å². The summed E-state index contributed by atoms with van der Waals surface area (Å²) in [5.41, 5.74) is 3.41. The molecule has 0 aliphatic carbocycles. The Morgan fingerprint density at radius 1 is 1.20 bits per heavy atom. The lowest BCUT2D eigenvalue weighted by atomic mass is 9.99. The van der Waals surface area contributed by atoms with Crippen molar-refractivity contribution in [3.63, 3.8) is 0 Å². The predicted octanol–water partition coefficient (Wildman–Crippen LogP) is 4.86. The highest BCUT2D eigenvalue weighted by Gasteiger charge is 2.37. The molecule has 3 aromatic rings. The molecule has 0 saturated carbocycles. The van der Waals surface area contributed by atoms with E-state index in [9.17, 15) is 13.2 Å². The number of carbonyl (C=O) groups excluding carboxylic acids is 1. The molecule has 184 valence electrons. The molecule has 8 nitrogen and oxygen atoms in total. The van der Waals surface area contributed by atoms with Gasteiger partial charge in [-0.05, 0) is 62.9 Å². The van der Waals surface area contributed by atoms with Crippen molar-refractivity contribution >= 4 is 45.5 Å². The molecule has 1 unspecified atom stereocenters. The van der Waals surface area contributed by atoms with E-state index in [2.05, 4.69) is 15.5 Å². The van der Waals surface area contributed by atoms with Gasteiger partial charge in [0, 0.05) is 19.3 Å². The molecule has 35 heavy (non-hydrogen) atoms. The summed E-state index contributed by atoms with van der Waals surface area (Å²) in [5.74, 6) is -0.254. The summed E-state index contributed by atoms with van der Waals surface area (Å²) in [7, 11) is -3.93. The third-order valence-corrected chi connectivity index (χ3v) is 8.26. The second kappa shape index (κ2) is 10.3. The van der Waals surface area contributed by atoms with E-state index in [-0.39, 0.29) is 28.8 Å². The Labute approximate surface area is 210 Å². The number of amides is 1. The smallest absolute Gasteiger partial charge is 0.248 e. The van der Waals surface area contributed by atoms with Crippen LogP contribution in [-0.2, 0) is 14.8 Å². The highest BCUT2D eigenvalue weighted by Crippen LogP contribution is 2.30. The Morgan fingerprint density at radius 3 is 2.74 bits per heavy atom. The first-order valence-corrected chi connectivity index (χ1v) is 13.1. The minimum absolute atomic E-state index is 0.0273. The fraction of sp³-hybridized carbons (Fsp3) is 0.320. The molecule has 2 aromatic heterocycles. The largest absolute Gasteiger partial charge is 0.355 e. The highest BCUT2D eigenvalue weighted by molar-refractivity contribution is 7.89. The molecule has 1 amide bonds. The monoisotopic (exact) mass is 514 g/mol. The van der Waals surface area contributed by atoms with Crippen LogP contribution in [0.4, 0.5) is 5.82 Å². The molecular formula is C25H27ClN4O4S. The molecule has 0 bridgehead atoms. The van der Waals surface area contributed by atoms with Crippen LogP contribution in [0.25, 0.3) is 12.2 Å². The zero-order valence-electron chi connectivity index (χ0n) is 19.8. The van der Waals surface area contributed by atoms with Gasteiger partial charge in [0.1, 0.15) is 11.5 Å². The molecule has 1 aromatic carbocycles. The SMILES string of the molecule is Cc1ccc(C)c(/C=C/c2onc(C)c2S(=O)(=O)N2CCCC(C(=O)Nc3ccc(Cl)cn3)C2)c1. The number of halogens is 1. The van der Waals surface area contributed by atoms with Gasteiger partial charge in [0.15, 0.2) is 10.7 Å². The summed E-state index contributed by atoms with van der Waals surface area (Å²) in [6.45, 7) is 5.96. The molecule has 10 heteroatoms. The topological polar surface area (TPSA) is 105 Å². The van der Waals surface area contributed by atoms with Crippen LogP contribution in [0.1, 0.15) is 41.0 Å². The van der Waals surface area contributed by atoms with E-state index in [1.807, 2.05) is 38.1 Å². The standard InChI is InChI=1S/C25H27ClN4O4S/c1-16-6-7-17(2)19(13-16)8-10-22-24(18(3)29-34-22)35(32,33)30-12-4-5-20(15-30)25(31)28-23-11-9-21(26)14-27-23/h6-11,13-14,20H,4-5,12,15H2,1-3H3,(H,27,28,31)/b10-8+. The Bertz CT molecular complexity index is 1370. The Balaban J connectivity index is 1.55. The van der Waals surface area contributed by atoms with Gasteiger partial charge in [0.05, 0.1) is 10.9 Å². The Kier molecular flexibility index (Phi) is 7.39. The molecule has 1 aliphatic heterocycles. The molecule has 4 rings (SSSR count). The lowest BCUT2D eigenvalue weighted by Gasteiger charge is -2.31. The first-order valence-electron chi connectivity index (χ1n) is 11.3. The number of rotatable bonds is 6. The van der Waals surface area contributed by atoms with Gasteiger partial charge in [0.2, 0.25) is 15.9 Å². The van der Waals surface area contributed by atoms with Crippen LogP contribution in [0.3, 0.4) is 0 Å². The minimum atomic E-state index is -3.93. The molecule has 1 saturated heterocycles. The van der Waals surface area contributed by atoms with Crippen LogP contribution in [0.15, 0.2) is 45.9 Å². The molecule has 0 radical (unpaired) electrons. The molecule has 1 aliphatic rings. The van der Waals surface area contributed by atoms with Crippen molar-refractivity contribution in [1.29, 1.82) is 0 Å². The summed E-state index contributed by atoms with van der Waals surface area (Å²) in [6.07, 6.45) is 6.04. The molecule has 1 N–H and O–H groups in total. The van der Waals surface area contributed by atoms with Gasteiger partial charge in [-0.25, -0.2) is 13.4 Å². The van der Waals surface area contributed by atoms with Gasteiger partial charge in [-0.1, -0.05) is 46.6 Å². The van der Waals surface area contributed by atoms with Crippen LogP contribution in [0.5, 0.6) is 0 Å². The summed E-state index contributed by atoms with van der Waals surface area (Å²) >= 11 is 5.85. The average Bonchev–Trinajstić information content (AvgIpc) is 3.22. The molecule has 0 spiro atoms. The Morgan fingerprint density at radius 2 is 2.00 bits per heavy atom. The first kappa shape index (κ1) is 25.1. The van der Waals surface area contributed by atoms with Crippen molar-refractivity contribution in [3.8, 4) is 0 Å². The van der Waals surface area contributed by atoms with E-state index in [0.29, 0.717) is 30.2 Å². The first-order chi connectivity index (χ1) is 16.6. The third-order valence-electron chi connectivity index (χ3n) is 6.01. The van der Waals surface area contributed by atoms with Crippen molar-refractivity contribution in [2.75, 3.05) is 18.4 Å². The average molecular weight is 515 g/mol. The zero-order chi connectivity index (χ0) is 25.2. The molecular weight excluding hydrogens is 488 g/mol. The molecule has 1 fully saturated rings.